The highest BCUT2D eigenvalue weighted by Gasteiger charge is 2.11. The van der Waals surface area contributed by atoms with E-state index in [2.05, 4.69) is 25.2 Å². The molecule has 1 amide bonds. The smallest absolute Gasteiger partial charge is 0.224 e. The fourth-order valence-corrected chi connectivity index (χ4v) is 2.21. The predicted molar refractivity (Wildman–Crippen MR) is 87.9 cm³/mol. The van der Waals surface area contributed by atoms with Gasteiger partial charge in [-0.2, -0.15) is 0 Å². The van der Waals surface area contributed by atoms with Gasteiger partial charge in [-0.1, -0.05) is 0 Å². The number of benzene rings is 1. The molecule has 1 aromatic heterocycles. The van der Waals surface area contributed by atoms with E-state index in [9.17, 15) is 4.79 Å². The molecule has 0 radical (unpaired) electrons. The summed E-state index contributed by atoms with van der Waals surface area (Å²) in [5.41, 5.74) is 9.62. The summed E-state index contributed by atoms with van der Waals surface area (Å²) in [6.07, 6.45) is 3.90. The van der Waals surface area contributed by atoms with Gasteiger partial charge in [0.15, 0.2) is 0 Å². The molecule has 0 atom stereocenters. The molecule has 0 bridgehead atoms. The van der Waals surface area contributed by atoms with E-state index < -0.39 is 0 Å². The van der Waals surface area contributed by atoms with Crippen LogP contribution in [0, 0.1) is 13.8 Å². The van der Waals surface area contributed by atoms with Crippen molar-refractivity contribution in [1.82, 2.24) is 5.32 Å². The molecule has 2 rings (SSSR count). The van der Waals surface area contributed by atoms with Crippen molar-refractivity contribution in [2.75, 3.05) is 13.1 Å². The Morgan fingerprint density at radius 2 is 1.95 bits per heavy atom. The molecule has 1 aromatic carbocycles. The third kappa shape index (κ3) is 4.48. The fourth-order valence-electron chi connectivity index (χ4n) is 2.21. The molecule has 0 aliphatic rings. The molecule has 0 fully saturated rings. The quantitative estimate of drug-likeness (QED) is 0.806. The number of fused-ring (bicyclic) bond motifs is 1. The molecule has 4 nitrogen and oxygen atoms in total. The number of furan rings is 1. The predicted octanol–water partition coefficient (Wildman–Crippen LogP) is 2.87. The summed E-state index contributed by atoms with van der Waals surface area (Å²) in [7, 11) is 0. The molecule has 5 heteroatoms. The van der Waals surface area contributed by atoms with Crippen LogP contribution in [-0.4, -0.2) is 19.0 Å². The number of unbranched alkanes of at least 4 members (excludes halogenated alkanes) is 1. The van der Waals surface area contributed by atoms with Crippen molar-refractivity contribution in [1.29, 1.82) is 0 Å². The van der Waals surface area contributed by atoms with Crippen LogP contribution in [0.15, 0.2) is 22.8 Å². The zero-order valence-corrected chi connectivity index (χ0v) is 13.4. The monoisotopic (exact) mass is 310 g/mol. The minimum atomic E-state index is 0. The van der Waals surface area contributed by atoms with Crippen LogP contribution in [0.2, 0.25) is 0 Å². The summed E-state index contributed by atoms with van der Waals surface area (Å²) in [6, 6.07) is 4.11. The first-order chi connectivity index (χ1) is 9.61. The Bertz CT molecular complexity index is 608. The van der Waals surface area contributed by atoms with Crippen molar-refractivity contribution in [2.45, 2.75) is 33.1 Å². The van der Waals surface area contributed by atoms with Gasteiger partial charge in [-0.25, -0.2) is 0 Å². The molecule has 0 aliphatic carbocycles. The summed E-state index contributed by atoms with van der Waals surface area (Å²) in [5, 5.41) is 3.94. The molecule has 0 saturated heterocycles. The van der Waals surface area contributed by atoms with Gasteiger partial charge in [-0.3, -0.25) is 4.79 Å². The summed E-state index contributed by atoms with van der Waals surface area (Å²) >= 11 is 0. The number of amides is 1. The molecular weight excluding hydrogens is 288 g/mol. The van der Waals surface area contributed by atoms with E-state index in [0.717, 1.165) is 29.4 Å². The second-order valence-electron chi connectivity index (χ2n) is 5.22. The van der Waals surface area contributed by atoms with E-state index in [1.54, 1.807) is 6.26 Å². The van der Waals surface area contributed by atoms with E-state index in [-0.39, 0.29) is 18.3 Å². The number of aryl methyl sites for hydroxylation is 2. The Hall–Kier alpha value is -1.52. The van der Waals surface area contributed by atoms with E-state index >= 15 is 0 Å². The van der Waals surface area contributed by atoms with Crippen LogP contribution in [-0.2, 0) is 11.2 Å². The standard InChI is InChI=1S/C16H22N2O2.ClH/c1-11-7-14-13(10-20-15(14)8-12(11)2)9-16(19)18-6-4-3-5-17;/h7-8,10H,3-6,9,17H2,1-2H3,(H,18,19);1H. The maximum atomic E-state index is 11.9. The van der Waals surface area contributed by atoms with Crippen LogP contribution in [0.4, 0.5) is 0 Å². The zero-order valence-electron chi connectivity index (χ0n) is 12.6. The van der Waals surface area contributed by atoms with Crippen molar-refractivity contribution >= 4 is 29.3 Å². The Kier molecular flexibility index (Phi) is 6.72. The van der Waals surface area contributed by atoms with Crippen LogP contribution in [0.5, 0.6) is 0 Å². The Morgan fingerprint density at radius 1 is 1.24 bits per heavy atom. The van der Waals surface area contributed by atoms with Crippen molar-refractivity contribution in [3.05, 3.63) is 35.1 Å². The van der Waals surface area contributed by atoms with E-state index in [1.807, 2.05) is 6.07 Å². The summed E-state index contributed by atoms with van der Waals surface area (Å²) < 4.78 is 5.53. The molecule has 0 unspecified atom stereocenters. The first-order valence-corrected chi connectivity index (χ1v) is 7.06. The molecule has 3 N–H and O–H groups in total. The molecule has 2 aromatic rings. The van der Waals surface area contributed by atoms with Gasteiger partial charge >= 0.3 is 0 Å². The lowest BCUT2D eigenvalue weighted by atomic mass is 10.0. The van der Waals surface area contributed by atoms with Crippen molar-refractivity contribution < 1.29 is 9.21 Å². The normalized spacial score (nSPS) is 10.4. The largest absolute Gasteiger partial charge is 0.464 e. The number of carbonyl (C=O) groups is 1. The SMILES string of the molecule is Cc1cc2occ(CC(=O)NCCCCN)c2cc1C.Cl. The summed E-state index contributed by atoms with van der Waals surface area (Å²) in [4.78, 5) is 11.9. The van der Waals surface area contributed by atoms with Gasteiger partial charge in [0.1, 0.15) is 5.58 Å². The maximum absolute atomic E-state index is 11.9. The number of hydrogen-bond acceptors (Lipinski definition) is 3. The van der Waals surface area contributed by atoms with Gasteiger partial charge in [0, 0.05) is 17.5 Å². The number of hydrogen-bond donors (Lipinski definition) is 2. The van der Waals surface area contributed by atoms with Gasteiger partial charge in [0.05, 0.1) is 12.7 Å². The highest BCUT2D eigenvalue weighted by molar-refractivity contribution is 5.88. The van der Waals surface area contributed by atoms with E-state index in [4.69, 9.17) is 10.2 Å². The second kappa shape index (κ2) is 8.05. The van der Waals surface area contributed by atoms with Gasteiger partial charge in [0.2, 0.25) is 5.91 Å². The minimum Gasteiger partial charge on any atom is -0.464 e. The molecular formula is C16H23ClN2O2. The van der Waals surface area contributed by atoms with Crippen LogP contribution in [0.3, 0.4) is 0 Å². The fraction of sp³-hybridized carbons (Fsp3) is 0.438. The van der Waals surface area contributed by atoms with Gasteiger partial charge in [0.25, 0.3) is 0 Å². The van der Waals surface area contributed by atoms with E-state index in [0.29, 0.717) is 19.5 Å². The van der Waals surface area contributed by atoms with Crippen molar-refractivity contribution in [3.63, 3.8) is 0 Å². The van der Waals surface area contributed by atoms with Gasteiger partial charge in [-0.05, 0) is 56.5 Å². The van der Waals surface area contributed by atoms with Crippen LogP contribution in [0.25, 0.3) is 11.0 Å². The van der Waals surface area contributed by atoms with Crippen molar-refractivity contribution in [2.24, 2.45) is 5.73 Å². The number of carbonyl (C=O) groups excluding carboxylic acids is 1. The summed E-state index contributed by atoms with van der Waals surface area (Å²) in [6.45, 7) is 5.48. The molecule has 0 spiro atoms. The highest BCUT2D eigenvalue weighted by Crippen LogP contribution is 2.25. The van der Waals surface area contributed by atoms with Crippen LogP contribution < -0.4 is 11.1 Å². The first kappa shape index (κ1) is 17.5. The lowest BCUT2D eigenvalue weighted by molar-refractivity contribution is -0.120. The van der Waals surface area contributed by atoms with Gasteiger partial charge in [-0.15, -0.1) is 12.4 Å². The Balaban J connectivity index is 0.00000220. The van der Waals surface area contributed by atoms with Crippen LogP contribution >= 0.6 is 12.4 Å². The third-order valence-electron chi connectivity index (χ3n) is 3.57. The second-order valence-corrected chi connectivity index (χ2v) is 5.22. The zero-order chi connectivity index (χ0) is 14.5. The Labute approximate surface area is 131 Å². The summed E-state index contributed by atoms with van der Waals surface area (Å²) in [5.74, 6) is 0.0305. The third-order valence-corrected chi connectivity index (χ3v) is 3.57. The minimum absolute atomic E-state index is 0. The highest BCUT2D eigenvalue weighted by atomic mass is 35.5. The number of rotatable bonds is 6. The lowest BCUT2D eigenvalue weighted by Crippen LogP contribution is -2.26. The maximum Gasteiger partial charge on any atom is 0.224 e. The number of nitrogens with one attached hydrogen (secondary N) is 1. The number of halogens is 1. The first-order valence-electron chi connectivity index (χ1n) is 7.06. The van der Waals surface area contributed by atoms with Crippen LogP contribution in [0.1, 0.15) is 29.5 Å². The molecule has 21 heavy (non-hydrogen) atoms. The number of nitrogens with two attached hydrogens (primary N) is 1. The van der Waals surface area contributed by atoms with Gasteiger partial charge < -0.3 is 15.5 Å². The van der Waals surface area contributed by atoms with E-state index in [1.165, 1.54) is 11.1 Å². The average molecular weight is 311 g/mol. The van der Waals surface area contributed by atoms with Crippen molar-refractivity contribution in [3.8, 4) is 0 Å². The topological polar surface area (TPSA) is 68.3 Å². The lowest BCUT2D eigenvalue weighted by Gasteiger charge is -2.04. The molecule has 0 saturated carbocycles. The molecule has 1 heterocycles. The Morgan fingerprint density at radius 3 is 2.67 bits per heavy atom. The average Bonchev–Trinajstić information content (AvgIpc) is 2.78. The molecule has 116 valence electrons. The molecule has 0 aliphatic heterocycles.